The molecule has 92 valence electrons. The van der Waals surface area contributed by atoms with Gasteiger partial charge in [0.1, 0.15) is 0 Å². The van der Waals surface area contributed by atoms with Gasteiger partial charge in [-0.05, 0) is 12.1 Å². The van der Waals surface area contributed by atoms with E-state index in [4.69, 9.17) is 15.3 Å². The largest absolute Gasteiger partial charge is 0.504 e. The van der Waals surface area contributed by atoms with Crippen LogP contribution in [-0.2, 0) is 4.79 Å². The number of carboxylic acid groups (broad SMARTS) is 1. The number of aliphatic carboxylic acids is 1. The zero-order chi connectivity index (χ0) is 13.0. The van der Waals surface area contributed by atoms with Gasteiger partial charge >= 0.3 is 5.97 Å². The highest BCUT2D eigenvalue weighted by Gasteiger charge is 2.17. The number of aromatic hydroxyl groups is 2. The smallest absolute Gasteiger partial charge is 0.334 e. The molecule has 1 aromatic rings. The topological polar surface area (TPSA) is 127 Å². The Hall–Kier alpha value is -2.28. The Labute approximate surface area is 95.9 Å². The molecular weight excluding hydrogens is 230 g/mol. The molecule has 0 aliphatic heterocycles. The predicted octanol–water partition coefficient (Wildman–Crippen LogP) is -0.727. The van der Waals surface area contributed by atoms with Crippen molar-refractivity contribution in [1.29, 1.82) is 0 Å². The van der Waals surface area contributed by atoms with Crippen molar-refractivity contribution in [3.05, 3.63) is 23.8 Å². The number of carbonyl (C=O) groups excluding carboxylic acids is 1. The molecule has 0 radical (unpaired) electrons. The van der Waals surface area contributed by atoms with Crippen LogP contribution in [0.25, 0.3) is 0 Å². The molecule has 5 N–H and O–H groups in total. The van der Waals surface area contributed by atoms with Crippen molar-refractivity contribution in [2.45, 2.75) is 6.10 Å². The molecule has 0 spiro atoms. The number of phenolic OH excluding ortho intramolecular Hbond substituents is 2. The zero-order valence-electron chi connectivity index (χ0n) is 8.62. The van der Waals surface area contributed by atoms with Gasteiger partial charge in [0.05, 0.1) is 12.1 Å². The van der Waals surface area contributed by atoms with Crippen LogP contribution in [0.3, 0.4) is 0 Å². The normalized spacial score (nSPS) is 11.8. The first-order valence-electron chi connectivity index (χ1n) is 4.63. The third-order valence-corrected chi connectivity index (χ3v) is 2.00. The molecule has 0 saturated heterocycles. The molecule has 0 aliphatic carbocycles. The van der Waals surface area contributed by atoms with Gasteiger partial charge in [0.2, 0.25) is 0 Å². The third-order valence-electron chi connectivity index (χ3n) is 2.00. The minimum Gasteiger partial charge on any atom is -0.504 e. The van der Waals surface area contributed by atoms with Gasteiger partial charge < -0.3 is 25.7 Å². The highest BCUT2D eigenvalue weighted by molar-refractivity contribution is 5.97. The van der Waals surface area contributed by atoms with Crippen LogP contribution in [0.4, 0.5) is 0 Å². The van der Waals surface area contributed by atoms with Gasteiger partial charge in [0, 0.05) is 0 Å². The first kappa shape index (κ1) is 12.8. The lowest BCUT2D eigenvalue weighted by Crippen LogP contribution is -2.36. The summed E-state index contributed by atoms with van der Waals surface area (Å²) in [7, 11) is 0. The Morgan fingerprint density at radius 3 is 2.53 bits per heavy atom. The van der Waals surface area contributed by atoms with E-state index < -0.39 is 36.0 Å². The van der Waals surface area contributed by atoms with Crippen LogP contribution >= 0.6 is 0 Å². The molecule has 1 atom stereocenters. The molecular formula is C10H11NO6. The van der Waals surface area contributed by atoms with Crippen LogP contribution in [0.2, 0.25) is 0 Å². The molecule has 0 aromatic heterocycles. The van der Waals surface area contributed by atoms with Crippen molar-refractivity contribution in [1.82, 2.24) is 5.32 Å². The van der Waals surface area contributed by atoms with E-state index in [1.807, 2.05) is 0 Å². The summed E-state index contributed by atoms with van der Waals surface area (Å²) in [4.78, 5) is 21.7. The van der Waals surface area contributed by atoms with E-state index in [1.165, 1.54) is 18.2 Å². The SMILES string of the molecule is O=C(NC[C@H](O)C(=O)O)c1cccc(O)c1O. The van der Waals surface area contributed by atoms with Crippen molar-refractivity contribution in [3.63, 3.8) is 0 Å². The lowest BCUT2D eigenvalue weighted by molar-refractivity contribution is -0.146. The third kappa shape index (κ3) is 3.08. The van der Waals surface area contributed by atoms with Gasteiger partial charge in [-0.2, -0.15) is 0 Å². The average molecular weight is 241 g/mol. The summed E-state index contributed by atoms with van der Waals surface area (Å²) in [5.74, 6) is -3.32. The molecule has 0 unspecified atom stereocenters. The average Bonchev–Trinajstić information content (AvgIpc) is 2.29. The summed E-state index contributed by atoms with van der Waals surface area (Å²) in [5, 5.41) is 37.9. The van der Waals surface area contributed by atoms with Crippen LogP contribution in [0.15, 0.2) is 18.2 Å². The molecule has 1 aromatic carbocycles. The fourth-order valence-electron chi connectivity index (χ4n) is 1.09. The van der Waals surface area contributed by atoms with Crippen LogP contribution in [-0.4, -0.2) is 45.0 Å². The zero-order valence-corrected chi connectivity index (χ0v) is 8.62. The molecule has 0 fully saturated rings. The number of hydrogen-bond donors (Lipinski definition) is 5. The summed E-state index contributed by atoms with van der Waals surface area (Å²) >= 11 is 0. The van der Waals surface area contributed by atoms with E-state index in [0.29, 0.717) is 0 Å². The standard InChI is InChI=1S/C10H11NO6/c12-6-3-1-2-5(8(6)14)9(15)11-4-7(13)10(16)17/h1-3,7,12-14H,4H2,(H,11,15)(H,16,17)/t7-/m0/s1. The highest BCUT2D eigenvalue weighted by Crippen LogP contribution is 2.27. The molecule has 17 heavy (non-hydrogen) atoms. The van der Waals surface area contributed by atoms with E-state index in [0.717, 1.165) is 0 Å². The van der Waals surface area contributed by atoms with Gasteiger partial charge in [0.15, 0.2) is 17.6 Å². The molecule has 0 aliphatic rings. The maximum atomic E-state index is 11.5. The molecule has 1 amide bonds. The van der Waals surface area contributed by atoms with Gasteiger partial charge in [0.25, 0.3) is 5.91 Å². The number of hydrogen-bond acceptors (Lipinski definition) is 5. The number of aliphatic hydroxyl groups excluding tert-OH is 1. The fourth-order valence-corrected chi connectivity index (χ4v) is 1.09. The molecule has 1 rings (SSSR count). The highest BCUT2D eigenvalue weighted by atomic mass is 16.4. The summed E-state index contributed by atoms with van der Waals surface area (Å²) in [5.41, 5.74) is -0.206. The van der Waals surface area contributed by atoms with Crippen molar-refractivity contribution >= 4 is 11.9 Å². The van der Waals surface area contributed by atoms with E-state index in [1.54, 1.807) is 0 Å². The van der Waals surface area contributed by atoms with Crippen molar-refractivity contribution in [3.8, 4) is 11.5 Å². The Kier molecular flexibility index (Phi) is 3.89. The van der Waals surface area contributed by atoms with Crippen LogP contribution in [0.1, 0.15) is 10.4 Å². The van der Waals surface area contributed by atoms with Gasteiger partial charge in [-0.25, -0.2) is 4.79 Å². The second-order valence-corrected chi connectivity index (χ2v) is 3.24. The molecule has 0 saturated carbocycles. The van der Waals surface area contributed by atoms with Crippen LogP contribution in [0.5, 0.6) is 11.5 Å². The second-order valence-electron chi connectivity index (χ2n) is 3.24. The van der Waals surface area contributed by atoms with Crippen molar-refractivity contribution in [2.24, 2.45) is 0 Å². The molecule has 0 heterocycles. The molecule has 7 heteroatoms. The molecule has 7 nitrogen and oxygen atoms in total. The Morgan fingerprint density at radius 1 is 1.29 bits per heavy atom. The lowest BCUT2D eigenvalue weighted by atomic mass is 10.1. The summed E-state index contributed by atoms with van der Waals surface area (Å²) < 4.78 is 0. The van der Waals surface area contributed by atoms with Crippen LogP contribution < -0.4 is 5.32 Å². The Balaban J connectivity index is 2.71. The number of rotatable bonds is 4. The van der Waals surface area contributed by atoms with E-state index in [-0.39, 0.29) is 5.56 Å². The number of amides is 1. The van der Waals surface area contributed by atoms with E-state index >= 15 is 0 Å². The Bertz CT molecular complexity index is 444. The van der Waals surface area contributed by atoms with E-state index in [9.17, 15) is 14.7 Å². The quantitative estimate of drug-likeness (QED) is 0.442. The number of benzene rings is 1. The monoisotopic (exact) mass is 241 g/mol. The fraction of sp³-hybridized carbons (Fsp3) is 0.200. The summed E-state index contributed by atoms with van der Waals surface area (Å²) in [6, 6.07) is 3.79. The van der Waals surface area contributed by atoms with Gasteiger partial charge in [-0.1, -0.05) is 6.07 Å². The molecule has 0 bridgehead atoms. The van der Waals surface area contributed by atoms with Crippen LogP contribution in [0, 0.1) is 0 Å². The van der Waals surface area contributed by atoms with Gasteiger partial charge in [-0.3, -0.25) is 4.79 Å². The first-order valence-corrected chi connectivity index (χ1v) is 4.63. The number of aliphatic hydroxyl groups is 1. The number of phenols is 2. The first-order chi connectivity index (χ1) is 7.93. The minimum atomic E-state index is -1.72. The number of para-hydroxylation sites is 1. The summed E-state index contributed by atoms with van der Waals surface area (Å²) in [6.07, 6.45) is -1.72. The van der Waals surface area contributed by atoms with Crippen molar-refractivity contribution < 1.29 is 30.0 Å². The predicted molar refractivity (Wildman–Crippen MR) is 55.7 cm³/mol. The summed E-state index contributed by atoms with van der Waals surface area (Å²) in [6.45, 7) is -0.497. The number of carboxylic acids is 1. The maximum Gasteiger partial charge on any atom is 0.334 e. The second kappa shape index (κ2) is 5.17. The van der Waals surface area contributed by atoms with Crippen molar-refractivity contribution in [2.75, 3.05) is 6.54 Å². The Morgan fingerprint density at radius 2 is 1.94 bits per heavy atom. The van der Waals surface area contributed by atoms with E-state index in [2.05, 4.69) is 5.32 Å². The lowest BCUT2D eigenvalue weighted by Gasteiger charge is -2.09. The number of nitrogens with one attached hydrogen (secondary N) is 1. The van der Waals surface area contributed by atoms with Gasteiger partial charge in [-0.15, -0.1) is 0 Å². The number of carbonyl (C=O) groups is 2. The minimum absolute atomic E-state index is 0.206. The maximum absolute atomic E-state index is 11.5.